The summed E-state index contributed by atoms with van der Waals surface area (Å²) >= 11 is 1.89. The maximum atomic E-state index is 12.3. The number of anilines is 1. The second-order valence-corrected chi connectivity index (χ2v) is 6.35. The third-order valence-corrected chi connectivity index (χ3v) is 4.83. The molecule has 0 bridgehead atoms. The molecule has 5 nitrogen and oxygen atoms in total. The van der Waals surface area contributed by atoms with Crippen molar-refractivity contribution in [3.05, 3.63) is 23.5 Å². The number of nitrogens with zero attached hydrogens (tertiary/aromatic N) is 1. The zero-order valence-corrected chi connectivity index (χ0v) is 12.8. The number of aromatic nitrogens is 1. The van der Waals surface area contributed by atoms with Gasteiger partial charge in [-0.15, -0.1) is 0 Å². The predicted molar refractivity (Wildman–Crippen MR) is 83.8 cm³/mol. The summed E-state index contributed by atoms with van der Waals surface area (Å²) in [4.78, 5) is 16.5. The molecule has 0 radical (unpaired) electrons. The summed E-state index contributed by atoms with van der Waals surface area (Å²) in [6.45, 7) is 1.87. The molecule has 0 spiro atoms. The number of thioether (sulfide) groups is 1. The molecule has 2 rings (SSSR count). The molecule has 1 saturated carbocycles. The molecular formula is C14H22N4OS. The van der Waals surface area contributed by atoms with E-state index < -0.39 is 0 Å². The molecule has 1 aliphatic rings. The number of carbonyl (C=O) groups excluding carboxylic acids is 1. The van der Waals surface area contributed by atoms with Crippen LogP contribution >= 0.6 is 11.8 Å². The van der Waals surface area contributed by atoms with Gasteiger partial charge in [-0.1, -0.05) is 6.42 Å². The van der Waals surface area contributed by atoms with Crippen LogP contribution in [0.5, 0.6) is 0 Å². The molecule has 2 atom stereocenters. The molecule has 0 saturated heterocycles. The molecule has 1 heterocycles. The molecule has 110 valence electrons. The topological polar surface area (TPSA) is 80.0 Å². The molecule has 4 N–H and O–H groups in total. The Balaban J connectivity index is 2.04. The minimum atomic E-state index is -0.0998. The van der Waals surface area contributed by atoms with Gasteiger partial charge in [0.15, 0.2) is 0 Å². The van der Waals surface area contributed by atoms with Gasteiger partial charge in [0.2, 0.25) is 0 Å². The van der Waals surface area contributed by atoms with E-state index in [2.05, 4.69) is 22.0 Å². The van der Waals surface area contributed by atoms with Crippen LogP contribution in [0.15, 0.2) is 12.3 Å². The van der Waals surface area contributed by atoms with E-state index in [4.69, 9.17) is 5.84 Å². The summed E-state index contributed by atoms with van der Waals surface area (Å²) in [5.74, 6) is 5.37. The number of aryl methyl sites for hydroxylation is 1. The van der Waals surface area contributed by atoms with Crippen LogP contribution in [0.25, 0.3) is 0 Å². The number of hydrogen-bond donors (Lipinski definition) is 3. The number of nitrogens with one attached hydrogen (secondary N) is 2. The van der Waals surface area contributed by atoms with Crippen LogP contribution in [0.2, 0.25) is 0 Å². The fourth-order valence-corrected chi connectivity index (χ4v) is 3.44. The number of carbonyl (C=O) groups is 1. The zero-order chi connectivity index (χ0) is 14.5. The second-order valence-electron chi connectivity index (χ2n) is 5.21. The Labute approximate surface area is 124 Å². The molecule has 1 aliphatic carbocycles. The highest BCUT2D eigenvalue weighted by molar-refractivity contribution is 7.99. The number of rotatable bonds is 4. The Morgan fingerprint density at radius 1 is 1.50 bits per heavy atom. The van der Waals surface area contributed by atoms with Crippen molar-refractivity contribution in [2.24, 2.45) is 5.84 Å². The van der Waals surface area contributed by atoms with Crippen LogP contribution in [0.4, 0.5) is 5.69 Å². The van der Waals surface area contributed by atoms with Gasteiger partial charge in [-0.05, 0) is 38.5 Å². The van der Waals surface area contributed by atoms with E-state index in [1.807, 2.05) is 18.7 Å². The SMILES string of the molecule is CSC1CCCC(NC(=O)c2cnc(C)cc2NN)C1. The first-order valence-corrected chi connectivity index (χ1v) is 8.19. The molecular weight excluding hydrogens is 272 g/mol. The lowest BCUT2D eigenvalue weighted by molar-refractivity contribution is 0.0929. The van der Waals surface area contributed by atoms with Gasteiger partial charge in [0.1, 0.15) is 0 Å². The van der Waals surface area contributed by atoms with E-state index in [1.54, 1.807) is 12.3 Å². The van der Waals surface area contributed by atoms with Gasteiger partial charge < -0.3 is 10.7 Å². The number of nitrogen functional groups attached to an aromatic ring is 1. The zero-order valence-electron chi connectivity index (χ0n) is 12.0. The Bertz CT molecular complexity index is 480. The number of amides is 1. The van der Waals surface area contributed by atoms with Crippen LogP contribution < -0.4 is 16.6 Å². The third kappa shape index (κ3) is 3.64. The van der Waals surface area contributed by atoms with E-state index in [0.717, 1.165) is 18.5 Å². The molecule has 1 fully saturated rings. The van der Waals surface area contributed by atoms with Crippen LogP contribution in [0, 0.1) is 6.92 Å². The van der Waals surface area contributed by atoms with Gasteiger partial charge in [0.25, 0.3) is 5.91 Å². The van der Waals surface area contributed by atoms with E-state index in [9.17, 15) is 4.79 Å². The largest absolute Gasteiger partial charge is 0.349 e. The van der Waals surface area contributed by atoms with Gasteiger partial charge in [0.05, 0.1) is 11.3 Å². The number of hydrazine groups is 1. The van der Waals surface area contributed by atoms with Crippen molar-refractivity contribution in [2.75, 3.05) is 11.7 Å². The van der Waals surface area contributed by atoms with Gasteiger partial charge in [-0.25, -0.2) is 0 Å². The van der Waals surface area contributed by atoms with Gasteiger partial charge in [-0.2, -0.15) is 11.8 Å². The summed E-state index contributed by atoms with van der Waals surface area (Å²) in [6.07, 6.45) is 8.22. The molecule has 1 amide bonds. The Morgan fingerprint density at radius 3 is 3.00 bits per heavy atom. The maximum absolute atomic E-state index is 12.3. The summed E-state index contributed by atoms with van der Waals surface area (Å²) in [6, 6.07) is 2.03. The lowest BCUT2D eigenvalue weighted by atomic mass is 9.94. The molecule has 1 aromatic rings. The fourth-order valence-electron chi connectivity index (χ4n) is 2.61. The van der Waals surface area contributed by atoms with Crippen molar-refractivity contribution in [1.82, 2.24) is 10.3 Å². The number of pyridine rings is 1. The average Bonchev–Trinajstić information content (AvgIpc) is 2.47. The average molecular weight is 294 g/mol. The van der Waals surface area contributed by atoms with E-state index in [0.29, 0.717) is 16.5 Å². The molecule has 2 unspecified atom stereocenters. The minimum Gasteiger partial charge on any atom is -0.349 e. The molecule has 0 aromatic carbocycles. The Kier molecular flexibility index (Phi) is 5.25. The third-order valence-electron chi connectivity index (χ3n) is 3.74. The quantitative estimate of drug-likeness (QED) is 0.585. The molecule has 0 aliphatic heterocycles. The van der Waals surface area contributed by atoms with Crippen LogP contribution in [-0.2, 0) is 0 Å². The van der Waals surface area contributed by atoms with E-state index >= 15 is 0 Å². The van der Waals surface area contributed by atoms with Crippen molar-refractivity contribution in [2.45, 2.75) is 43.9 Å². The highest BCUT2D eigenvalue weighted by atomic mass is 32.2. The normalized spacial score (nSPS) is 22.4. The number of hydrogen-bond acceptors (Lipinski definition) is 5. The highest BCUT2D eigenvalue weighted by Crippen LogP contribution is 2.27. The number of nitrogens with two attached hydrogens (primary N) is 1. The Hall–Kier alpha value is -1.27. The smallest absolute Gasteiger partial charge is 0.255 e. The standard InChI is InChI=1S/C14H22N4OS/c1-9-6-13(18-15)12(8-16-9)14(19)17-10-4-3-5-11(7-10)20-2/h6,8,10-11H,3-5,7,15H2,1-2H3,(H,16,18)(H,17,19). The van der Waals surface area contributed by atoms with Gasteiger partial charge in [0, 0.05) is 23.2 Å². The van der Waals surface area contributed by atoms with E-state index in [-0.39, 0.29) is 11.9 Å². The Morgan fingerprint density at radius 2 is 2.30 bits per heavy atom. The van der Waals surface area contributed by atoms with Crippen molar-refractivity contribution in [3.63, 3.8) is 0 Å². The van der Waals surface area contributed by atoms with Gasteiger partial charge in [-0.3, -0.25) is 15.6 Å². The van der Waals surface area contributed by atoms with E-state index in [1.165, 1.54) is 12.8 Å². The molecule has 1 aromatic heterocycles. The first-order valence-electron chi connectivity index (χ1n) is 6.91. The fraction of sp³-hybridized carbons (Fsp3) is 0.571. The summed E-state index contributed by atoms with van der Waals surface area (Å²) in [7, 11) is 0. The van der Waals surface area contributed by atoms with Crippen molar-refractivity contribution < 1.29 is 4.79 Å². The van der Waals surface area contributed by atoms with Crippen LogP contribution in [0.1, 0.15) is 41.7 Å². The second kappa shape index (κ2) is 6.95. The van der Waals surface area contributed by atoms with Crippen molar-refractivity contribution in [1.29, 1.82) is 0 Å². The molecule has 6 heteroatoms. The monoisotopic (exact) mass is 294 g/mol. The summed E-state index contributed by atoms with van der Waals surface area (Å²) in [5, 5.41) is 3.76. The van der Waals surface area contributed by atoms with Crippen molar-refractivity contribution in [3.8, 4) is 0 Å². The maximum Gasteiger partial charge on any atom is 0.255 e. The van der Waals surface area contributed by atoms with Crippen molar-refractivity contribution >= 4 is 23.4 Å². The molecule has 20 heavy (non-hydrogen) atoms. The lowest BCUT2D eigenvalue weighted by Gasteiger charge is -2.28. The summed E-state index contributed by atoms with van der Waals surface area (Å²) < 4.78 is 0. The minimum absolute atomic E-state index is 0.0998. The first-order chi connectivity index (χ1) is 9.63. The van der Waals surface area contributed by atoms with Crippen LogP contribution in [-0.4, -0.2) is 28.4 Å². The summed E-state index contributed by atoms with van der Waals surface area (Å²) in [5.41, 5.74) is 4.52. The first kappa shape index (κ1) is 15.1. The predicted octanol–water partition coefficient (Wildman–Crippen LogP) is 2.08. The van der Waals surface area contributed by atoms with Crippen LogP contribution in [0.3, 0.4) is 0 Å². The highest BCUT2D eigenvalue weighted by Gasteiger charge is 2.23. The lowest BCUT2D eigenvalue weighted by Crippen LogP contribution is -2.39. The van der Waals surface area contributed by atoms with Gasteiger partial charge >= 0.3 is 0 Å².